The van der Waals surface area contributed by atoms with E-state index in [1.165, 1.54) is 6.42 Å². The maximum absolute atomic E-state index is 13.1. The van der Waals surface area contributed by atoms with Gasteiger partial charge in [-0.05, 0) is 59.7 Å². The molecule has 1 heterocycles. The number of anilines is 1. The van der Waals surface area contributed by atoms with Crippen molar-refractivity contribution in [3.05, 3.63) is 28.7 Å². The predicted octanol–water partition coefficient (Wildman–Crippen LogP) is 5.26. The summed E-state index contributed by atoms with van der Waals surface area (Å²) in [5, 5.41) is 3.03. The number of rotatable bonds is 5. The van der Waals surface area contributed by atoms with Crippen LogP contribution in [-0.2, 0) is 4.79 Å². The van der Waals surface area contributed by atoms with Crippen LogP contribution >= 0.6 is 15.9 Å². The van der Waals surface area contributed by atoms with Gasteiger partial charge < -0.3 is 15.1 Å². The molecule has 1 aromatic rings. The summed E-state index contributed by atoms with van der Waals surface area (Å²) in [6.45, 7) is 4.45. The van der Waals surface area contributed by atoms with Gasteiger partial charge in [0, 0.05) is 36.6 Å². The van der Waals surface area contributed by atoms with Crippen LogP contribution in [0.4, 0.5) is 10.5 Å². The third-order valence-electron chi connectivity index (χ3n) is 6.09. The number of nitrogens with zero attached hydrogens (tertiary/aromatic N) is 2. The average molecular weight is 450 g/mol. The fourth-order valence-electron chi connectivity index (χ4n) is 4.22. The Balaban J connectivity index is 1.62. The number of likely N-dealkylation sites (tertiary alicyclic amines) is 1. The molecule has 2 aliphatic rings. The number of amides is 3. The number of para-hydroxylation sites is 1. The van der Waals surface area contributed by atoms with Crippen LogP contribution in [0.15, 0.2) is 28.7 Å². The molecule has 1 aromatic carbocycles. The van der Waals surface area contributed by atoms with E-state index < -0.39 is 0 Å². The molecular formula is C22H32BrN3O2. The van der Waals surface area contributed by atoms with Crippen LogP contribution in [-0.4, -0.2) is 47.4 Å². The minimum atomic E-state index is -0.0983. The van der Waals surface area contributed by atoms with E-state index in [0.717, 1.165) is 61.8 Å². The standard InChI is InChI=1S/C22H32BrN3O2/c1-17-11-14-25(15-12-17)21(27)13-16-26(18-7-3-2-4-8-18)22(28)24-20-10-6-5-9-19(20)23/h5-6,9-10,17-18H,2-4,7-8,11-16H2,1H3,(H,24,28). The molecule has 28 heavy (non-hydrogen) atoms. The topological polar surface area (TPSA) is 52.7 Å². The van der Waals surface area contributed by atoms with Gasteiger partial charge in [-0.3, -0.25) is 4.79 Å². The lowest BCUT2D eigenvalue weighted by Crippen LogP contribution is -2.46. The summed E-state index contributed by atoms with van der Waals surface area (Å²) in [5.41, 5.74) is 0.768. The first-order chi connectivity index (χ1) is 13.5. The third kappa shape index (κ3) is 5.72. The maximum Gasteiger partial charge on any atom is 0.322 e. The normalized spacial score (nSPS) is 18.7. The van der Waals surface area contributed by atoms with Crippen molar-refractivity contribution in [2.24, 2.45) is 5.92 Å². The summed E-state index contributed by atoms with van der Waals surface area (Å²) in [5.74, 6) is 0.888. The van der Waals surface area contributed by atoms with E-state index in [1.807, 2.05) is 34.1 Å². The molecule has 1 aliphatic heterocycles. The average Bonchev–Trinajstić information content (AvgIpc) is 2.71. The molecule has 0 unspecified atom stereocenters. The van der Waals surface area contributed by atoms with Crippen LogP contribution < -0.4 is 5.32 Å². The van der Waals surface area contributed by atoms with Crippen molar-refractivity contribution in [2.75, 3.05) is 25.0 Å². The number of piperidine rings is 1. The SMILES string of the molecule is CC1CCN(C(=O)CCN(C(=O)Nc2ccccc2Br)C2CCCCC2)CC1. The number of halogens is 1. The van der Waals surface area contributed by atoms with E-state index in [2.05, 4.69) is 28.2 Å². The Bertz CT molecular complexity index is 668. The van der Waals surface area contributed by atoms with Crippen molar-refractivity contribution in [2.45, 2.75) is 64.3 Å². The van der Waals surface area contributed by atoms with Gasteiger partial charge in [0.15, 0.2) is 0 Å². The monoisotopic (exact) mass is 449 g/mol. The second kappa shape index (κ2) is 10.3. The third-order valence-corrected chi connectivity index (χ3v) is 6.79. The summed E-state index contributed by atoms with van der Waals surface area (Å²) in [7, 11) is 0. The van der Waals surface area contributed by atoms with Gasteiger partial charge in [-0.15, -0.1) is 0 Å². The summed E-state index contributed by atoms with van der Waals surface area (Å²) < 4.78 is 0.866. The Labute approximate surface area is 177 Å². The molecule has 1 N–H and O–H groups in total. The van der Waals surface area contributed by atoms with E-state index >= 15 is 0 Å². The molecule has 6 heteroatoms. The van der Waals surface area contributed by atoms with Crippen LogP contribution in [0, 0.1) is 5.92 Å². The van der Waals surface area contributed by atoms with Gasteiger partial charge in [0.25, 0.3) is 0 Å². The highest BCUT2D eigenvalue weighted by molar-refractivity contribution is 9.10. The van der Waals surface area contributed by atoms with Gasteiger partial charge in [0.2, 0.25) is 5.91 Å². The summed E-state index contributed by atoms with van der Waals surface area (Å²) in [4.78, 5) is 29.6. The predicted molar refractivity (Wildman–Crippen MR) is 116 cm³/mol. The van der Waals surface area contributed by atoms with Crippen molar-refractivity contribution in [1.29, 1.82) is 0 Å². The van der Waals surface area contributed by atoms with E-state index in [1.54, 1.807) is 0 Å². The smallest absolute Gasteiger partial charge is 0.322 e. The molecule has 3 amide bonds. The quantitative estimate of drug-likeness (QED) is 0.665. The van der Waals surface area contributed by atoms with Crippen molar-refractivity contribution in [3.8, 4) is 0 Å². The molecular weight excluding hydrogens is 418 g/mol. The van der Waals surface area contributed by atoms with Crippen LogP contribution in [0.25, 0.3) is 0 Å². The van der Waals surface area contributed by atoms with Crippen LogP contribution in [0.3, 0.4) is 0 Å². The van der Waals surface area contributed by atoms with Crippen molar-refractivity contribution < 1.29 is 9.59 Å². The summed E-state index contributed by atoms with van der Waals surface area (Å²) >= 11 is 3.50. The van der Waals surface area contributed by atoms with Crippen LogP contribution in [0.1, 0.15) is 58.3 Å². The lowest BCUT2D eigenvalue weighted by molar-refractivity contribution is -0.132. The van der Waals surface area contributed by atoms with Gasteiger partial charge in [-0.2, -0.15) is 0 Å². The lowest BCUT2D eigenvalue weighted by atomic mass is 9.94. The largest absolute Gasteiger partial charge is 0.343 e. The van der Waals surface area contributed by atoms with Crippen LogP contribution in [0.5, 0.6) is 0 Å². The van der Waals surface area contributed by atoms with Gasteiger partial charge >= 0.3 is 6.03 Å². The van der Waals surface area contributed by atoms with Crippen molar-refractivity contribution in [1.82, 2.24) is 9.80 Å². The second-order valence-electron chi connectivity index (χ2n) is 8.21. The first-order valence-electron chi connectivity index (χ1n) is 10.6. The van der Waals surface area contributed by atoms with E-state index in [4.69, 9.17) is 0 Å². The van der Waals surface area contributed by atoms with Crippen molar-refractivity contribution >= 4 is 33.6 Å². The fraction of sp³-hybridized carbons (Fsp3) is 0.636. The Kier molecular flexibility index (Phi) is 7.77. The zero-order chi connectivity index (χ0) is 19.9. The molecule has 1 saturated carbocycles. The van der Waals surface area contributed by atoms with E-state index in [9.17, 15) is 9.59 Å². The number of carbonyl (C=O) groups is 2. The minimum Gasteiger partial charge on any atom is -0.343 e. The molecule has 0 spiro atoms. The first kappa shape index (κ1) is 21.2. The maximum atomic E-state index is 13.1. The number of urea groups is 1. The molecule has 0 radical (unpaired) electrons. The van der Waals surface area contributed by atoms with Crippen LogP contribution in [0.2, 0.25) is 0 Å². The summed E-state index contributed by atoms with van der Waals surface area (Å²) in [6, 6.07) is 7.77. The fourth-order valence-corrected chi connectivity index (χ4v) is 4.61. The minimum absolute atomic E-state index is 0.0983. The highest BCUT2D eigenvalue weighted by atomic mass is 79.9. The Morgan fingerprint density at radius 3 is 2.46 bits per heavy atom. The van der Waals surface area contributed by atoms with Gasteiger partial charge in [0.1, 0.15) is 0 Å². The molecule has 1 saturated heterocycles. The van der Waals surface area contributed by atoms with E-state index in [0.29, 0.717) is 18.9 Å². The second-order valence-corrected chi connectivity index (χ2v) is 9.06. The Morgan fingerprint density at radius 1 is 1.11 bits per heavy atom. The lowest BCUT2D eigenvalue weighted by Gasteiger charge is -2.35. The molecule has 0 bridgehead atoms. The number of carbonyl (C=O) groups excluding carboxylic acids is 2. The molecule has 154 valence electrons. The molecule has 3 rings (SSSR count). The zero-order valence-corrected chi connectivity index (χ0v) is 18.4. The van der Waals surface area contributed by atoms with E-state index in [-0.39, 0.29) is 18.0 Å². The Morgan fingerprint density at radius 2 is 1.79 bits per heavy atom. The number of benzene rings is 1. The molecule has 0 atom stereocenters. The zero-order valence-electron chi connectivity index (χ0n) is 16.8. The highest BCUT2D eigenvalue weighted by Gasteiger charge is 2.27. The van der Waals surface area contributed by atoms with Gasteiger partial charge in [-0.1, -0.05) is 38.3 Å². The number of hydrogen-bond acceptors (Lipinski definition) is 2. The van der Waals surface area contributed by atoms with Crippen molar-refractivity contribution in [3.63, 3.8) is 0 Å². The highest BCUT2D eigenvalue weighted by Crippen LogP contribution is 2.26. The molecule has 5 nitrogen and oxygen atoms in total. The Hall–Kier alpha value is -1.56. The molecule has 2 fully saturated rings. The molecule has 1 aliphatic carbocycles. The number of nitrogens with one attached hydrogen (secondary N) is 1. The number of hydrogen-bond donors (Lipinski definition) is 1. The summed E-state index contributed by atoms with van der Waals surface area (Å²) in [6.07, 6.45) is 8.18. The first-order valence-corrected chi connectivity index (χ1v) is 11.4. The van der Waals surface area contributed by atoms with Gasteiger partial charge in [0.05, 0.1) is 5.69 Å². The molecule has 0 aromatic heterocycles. The van der Waals surface area contributed by atoms with Gasteiger partial charge in [-0.25, -0.2) is 4.79 Å².